The highest BCUT2D eigenvalue weighted by atomic mass is 32.2. The first-order valence-electron chi connectivity index (χ1n) is 10.3. The first-order chi connectivity index (χ1) is 16.1. The number of aryl methyl sites for hydroxylation is 1. The fourth-order valence-electron chi connectivity index (χ4n) is 3.26. The lowest BCUT2D eigenvalue weighted by Gasteiger charge is -2.12. The average Bonchev–Trinajstić information content (AvgIpc) is 3.28. The van der Waals surface area contributed by atoms with E-state index in [9.17, 15) is 4.79 Å². The van der Waals surface area contributed by atoms with Gasteiger partial charge in [0.15, 0.2) is 11.0 Å². The molecular weight excluding hydrogens is 436 g/mol. The van der Waals surface area contributed by atoms with Crippen molar-refractivity contribution in [2.75, 3.05) is 25.3 Å². The number of carbonyl (C=O) groups is 1. The Balaban J connectivity index is 1.63. The molecule has 0 saturated carbocycles. The first kappa shape index (κ1) is 22.4. The number of para-hydroxylation sites is 1. The van der Waals surface area contributed by atoms with Gasteiger partial charge in [0.1, 0.15) is 11.5 Å². The van der Waals surface area contributed by atoms with E-state index in [-0.39, 0.29) is 11.7 Å². The van der Waals surface area contributed by atoms with E-state index in [4.69, 9.17) is 9.47 Å². The molecule has 33 heavy (non-hydrogen) atoms. The summed E-state index contributed by atoms with van der Waals surface area (Å²) in [6.07, 6.45) is 0. The van der Waals surface area contributed by atoms with E-state index in [0.29, 0.717) is 22.5 Å². The van der Waals surface area contributed by atoms with Gasteiger partial charge >= 0.3 is 0 Å². The second kappa shape index (κ2) is 10.2. The maximum Gasteiger partial charge on any atom is 0.234 e. The second-order valence-electron chi connectivity index (χ2n) is 7.28. The molecular formula is C25H24N4O3S. The highest BCUT2D eigenvalue weighted by Crippen LogP contribution is 2.32. The van der Waals surface area contributed by atoms with Gasteiger partial charge in [-0.05, 0) is 43.3 Å². The maximum absolute atomic E-state index is 12.5. The van der Waals surface area contributed by atoms with Crippen LogP contribution in [0.25, 0.3) is 17.1 Å². The van der Waals surface area contributed by atoms with E-state index < -0.39 is 0 Å². The van der Waals surface area contributed by atoms with Gasteiger partial charge in [0.2, 0.25) is 5.91 Å². The Bertz CT molecular complexity index is 1220. The van der Waals surface area contributed by atoms with Gasteiger partial charge in [0, 0.05) is 23.0 Å². The van der Waals surface area contributed by atoms with E-state index in [2.05, 4.69) is 15.5 Å². The van der Waals surface area contributed by atoms with E-state index in [0.717, 1.165) is 22.5 Å². The van der Waals surface area contributed by atoms with Crippen LogP contribution in [0.4, 0.5) is 5.69 Å². The third kappa shape index (κ3) is 5.35. The zero-order valence-corrected chi connectivity index (χ0v) is 19.4. The smallest absolute Gasteiger partial charge is 0.234 e. The SMILES string of the molecule is COc1cc(OC)cc(-c2nnc(SCC(=O)Nc3ccc(C)cc3)n2-c2ccccc2)c1. The number of ether oxygens (including phenoxy) is 2. The lowest BCUT2D eigenvalue weighted by molar-refractivity contribution is -0.113. The van der Waals surface area contributed by atoms with Crippen molar-refractivity contribution in [3.05, 3.63) is 78.4 Å². The van der Waals surface area contributed by atoms with Crippen LogP contribution < -0.4 is 14.8 Å². The average molecular weight is 461 g/mol. The van der Waals surface area contributed by atoms with Gasteiger partial charge in [0.25, 0.3) is 0 Å². The number of benzene rings is 3. The predicted molar refractivity (Wildman–Crippen MR) is 130 cm³/mol. The molecule has 0 aliphatic carbocycles. The monoisotopic (exact) mass is 460 g/mol. The van der Waals surface area contributed by atoms with Gasteiger partial charge in [-0.1, -0.05) is 47.7 Å². The third-order valence-electron chi connectivity index (χ3n) is 4.93. The summed E-state index contributed by atoms with van der Waals surface area (Å²) in [6.45, 7) is 2.01. The van der Waals surface area contributed by atoms with Crippen molar-refractivity contribution in [3.63, 3.8) is 0 Å². The van der Waals surface area contributed by atoms with Crippen LogP contribution in [-0.2, 0) is 4.79 Å². The van der Waals surface area contributed by atoms with E-state index in [1.54, 1.807) is 20.3 Å². The molecule has 4 rings (SSSR count). The van der Waals surface area contributed by atoms with Gasteiger partial charge in [0.05, 0.1) is 20.0 Å². The van der Waals surface area contributed by atoms with E-state index >= 15 is 0 Å². The van der Waals surface area contributed by atoms with Gasteiger partial charge in [-0.25, -0.2) is 0 Å². The molecule has 1 heterocycles. The van der Waals surface area contributed by atoms with Gasteiger partial charge < -0.3 is 14.8 Å². The molecule has 1 aromatic heterocycles. The molecule has 0 aliphatic rings. The molecule has 0 unspecified atom stereocenters. The molecule has 0 saturated heterocycles. The molecule has 0 fully saturated rings. The van der Waals surface area contributed by atoms with Crippen molar-refractivity contribution in [1.82, 2.24) is 14.8 Å². The largest absolute Gasteiger partial charge is 0.497 e. The minimum Gasteiger partial charge on any atom is -0.497 e. The molecule has 7 nitrogen and oxygen atoms in total. The summed E-state index contributed by atoms with van der Waals surface area (Å²) in [5.41, 5.74) is 3.58. The summed E-state index contributed by atoms with van der Waals surface area (Å²) in [4.78, 5) is 12.5. The zero-order chi connectivity index (χ0) is 23.2. The number of thioether (sulfide) groups is 1. The Labute approximate surface area is 196 Å². The number of rotatable bonds is 8. The standard InChI is InChI=1S/C25H24N4O3S/c1-17-9-11-19(12-10-17)26-23(30)16-33-25-28-27-24(29(25)20-7-5-4-6-8-20)18-13-21(31-2)15-22(14-18)32-3/h4-15H,16H2,1-3H3,(H,26,30). The normalized spacial score (nSPS) is 10.6. The maximum atomic E-state index is 12.5. The summed E-state index contributed by atoms with van der Waals surface area (Å²) >= 11 is 1.32. The Kier molecular flexibility index (Phi) is 6.95. The van der Waals surface area contributed by atoms with Crippen molar-refractivity contribution in [2.24, 2.45) is 0 Å². The molecule has 1 amide bonds. The summed E-state index contributed by atoms with van der Waals surface area (Å²) in [6, 6.07) is 23.1. The Morgan fingerprint density at radius 1 is 0.939 bits per heavy atom. The number of aromatic nitrogens is 3. The number of methoxy groups -OCH3 is 2. The number of hydrogen-bond donors (Lipinski definition) is 1. The van der Waals surface area contributed by atoms with Crippen molar-refractivity contribution in [1.29, 1.82) is 0 Å². The van der Waals surface area contributed by atoms with Crippen LogP contribution >= 0.6 is 11.8 Å². The zero-order valence-electron chi connectivity index (χ0n) is 18.6. The summed E-state index contributed by atoms with van der Waals surface area (Å²) in [5, 5.41) is 12.3. The Morgan fingerprint density at radius 2 is 1.61 bits per heavy atom. The van der Waals surface area contributed by atoms with Crippen LogP contribution in [0.2, 0.25) is 0 Å². The number of anilines is 1. The Morgan fingerprint density at radius 3 is 2.24 bits per heavy atom. The van der Waals surface area contributed by atoms with Crippen molar-refractivity contribution >= 4 is 23.4 Å². The second-order valence-corrected chi connectivity index (χ2v) is 8.22. The number of hydrogen-bond acceptors (Lipinski definition) is 6. The fraction of sp³-hybridized carbons (Fsp3) is 0.160. The van der Waals surface area contributed by atoms with E-state index in [1.807, 2.05) is 78.2 Å². The van der Waals surface area contributed by atoms with E-state index in [1.165, 1.54) is 11.8 Å². The van der Waals surface area contributed by atoms with Crippen molar-refractivity contribution in [2.45, 2.75) is 12.1 Å². The molecule has 0 bridgehead atoms. The highest BCUT2D eigenvalue weighted by Gasteiger charge is 2.18. The minimum absolute atomic E-state index is 0.115. The lowest BCUT2D eigenvalue weighted by Crippen LogP contribution is -2.14. The first-order valence-corrected chi connectivity index (χ1v) is 11.3. The number of nitrogens with zero attached hydrogens (tertiary/aromatic N) is 3. The topological polar surface area (TPSA) is 78.3 Å². The van der Waals surface area contributed by atoms with Crippen LogP contribution in [0, 0.1) is 6.92 Å². The van der Waals surface area contributed by atoms with Gasteiger partial charge in [-0.3, -0.25) is 9.36 Å². The Hall–Kier alpha value is -3.78. The highest BCUT2D eigenvalue weighted by molar-refractivity contribution is 7.99. The molecule has 0 radical (unpaired) electrons. The molecule has 0 atom stereocenters. The van der Waals surface area contributed by atoms with Crippen LogP contribution in [0.15, 0.2) is 78.0 Å². The van der Waals surface area contributed by atoms with Crippen molar-refractivity contribution in [3.8, 4) is 28.6 Å². The van der Waals surface area contributed by atoms with Crippen LogP contribution in [0.5, 0.6) is 11.5 Å². The predicted octanol–water partition coefficient (Wildman–Crippen LogP) is 4.99. The molecule has 1 N–H and O–H groups in total. The molecule has 8 heteroatoms. The minimum atomic E-state index is -0.115. The number of nitrogens with one attached hydrogen (secondary N) is 1. The molecule has 3 aromatic carbocycles. The summed E-state index contributed by atoms with van der Waals surface area (Å²) < 4.78 is 12.8. The van der Waals surface area contributed by atoms with Crippen LogP contribution in [-0.4, -0.2) is 40.6 Å². The lowest BCUT2D eigenvalue weighted by atomic mass is 10.2. The summed E-state index contributed by atoms with van der Waals surface area (Å²) in [7, 11) is 3.21. The third-order valence-corrected chi connectivity index (χ3v) is 5.85. The quantitative estimate of drug-likeness (QED) is 0.373. The molecule has 4 aromatic rings. The molecule has 0 spiro atoms. The number of carbonyl (C=O) groups excluding carboxylic acids is 1. The van der Waals surface area contributed by atoms with Crippen LogP contribution in [0.3, 0.4) is 0 Å². The number of amides is 1. The summed E-state index contributed by atoms with van der Waals surface area (Å²) in [5.74, 6) is 2.01. The van der Waals surface area contributed by atoms with Crippen molar-refractivity contribution < 1.29 is 14.3 Å². The van der Waals surface area contributed by atoms with Gasteiger partial charge in [-0.15, -0.1) is 10.2 Å². The molecule has 168 valence electrons. The van der Waals surface area contributed by atoms with Gasteiger partial charge in [-0.2, -0.15) is 0 Å². The fourth-order valence-corrected chi connectivity index (χ4v) is 4.01. The molecule has 0 aliphatic heterocycles. The van der Waals surface area contributed by atoms with Crippen LogP contribution in [0.1, 0.15) is 5.56 Å².